The van der Waals surface area contributed by atoms with E-state index in [2.05, 4.69) is 10.6 Å². The lowest BCUT2D eigenvalue weighted by atomic mass is 10.1. The van der Waals surface area contributed by atoms with Gasteiger partial charge >= 0.3 is 0 Å². The first-order valence-corrected chi connectivity index (χ1v) is 8.06. The Balaban J connectivity index is 0.00000264. The van der Waals surface area contributed by atoms with Crippen LogP contribution in [-0.2, 0) is 0 Å². The van der Waals surface area contributed by atoms with Crippen molar-refractivity contribution in [2.24, 2.45) is 0 Å². The minimum absolute atomic E-state index is 0. The first-order valence-electron chi connectivity index (χ1n) is 8.06. The van der Waals surface area contributed by atoms with E-state index in [-0.39, 0.29) is 30.3 Å². The fraction of sp³-hybridized carbons (Fsp3) is 0.529. The third-order valence-corrected chi connectivity index (χ3v) is 4.08. The molecule has 1 atom stereocenters. The summed E-state index contributed by atoms with van der Waals surface area (Å²) in [6.07, 6.45) is 2.10. The minimum atomic E-state index is -0.0736. The second-order valence-electron chi connectivity index (χ2n) is 5.57. The van der Waals surface area contributed by atoms with Crippen molar-refractivity contribution >= 4 is 24.2 Å². The van der Waals surface area contributed by atoms with Gasteiger partial charge in [0.25, 0.3) is 11.8 Å². The third-order valence-electron chi connectivity index (χ3n) is 4.08. The van der Waals surface area contributed by atoms with Crippen LogP contribution < -0.4 is 10.6 Å². The SMILES string of the molecule is CCN(CC)C(=O)c1ccc(C(=O)N[C@H]2CCCNC2)cc1.Cl. The van der Waals surface area contributed by atoms with Crippen LogP contribution in [0.25, 0.3) is 0 Å². The van der Waals surface area contributed by atoms with E-state index in [1.807, 2.05) is 13.8 Å². The molecule has 1 aromatic carbocycles. The number of halogens is 1. The zero-order valence-corrected chi connectivity index (χ0v) is 14.6. The Morgan fingerprint density at radius 1 is 1.17 bits per heavy atom. The van der Waals surface area contributed by atoms with Gasteiger partial charge in [-0.25, -0.2) is 0 Å². The van der Waals surface area contributed by atoms with Gasteiger partial charge in [-0.05, 0) is 57.5 Å². The maximum atomic E-state index is 12.2. The summed E-state index contributed by atoms with van der Waals surface area (Å²) in [4.78, 5) is 26.2. The molecule has 2 N–H and O–H groups in total. The number of nitrogens with zero attached hydrogens (tertiary/aromatic N) is 1. The van der Waals surface area contributed by atoms with Gasteiger partial charge in [-0.15, -0.1) is 12.4 Å². The number of benzene rings is 1. The number of carbonyl (C=O) groups is 2. The lowest BCUT2D eigenvalue weighted by molar-refractivity contribution is 0.0772. The molecule has 1 fully saturated rings. The first kappa shape index (κ1) is 19.5. The summed E-state index contributed by atoms with van der Waals surface area (Å²) in [5.74, 6) is -0.0658. The number of rotatable bonds is 5. The van der Waals surface area contributed by atoms with Crippen LogP contribution in [0, 0.1) is 0 Å². The molecular formula is C17H26ClN3O2. The number of hydrogen-bond acceptors (Lipinski definition) is 3. The monoisotopic (exact) mass is 339 g/mol. The number of amides is 2. The van der Waals surface area contributed by atoms with E-state index in [9.17, 15) is 9.59 Å². The van der Waals surface area contributed by atoms with Crippen LogP contribution in [0.3, 0.4) is 0 Å². The number of hydrogen-bond donors (Lipinski definition) is 2. The fourth-order valence-electron chi connectivity index (χ4n) is 2.70. The molecule has 5 nitrogen and oxygen atoms in total. The quantitative estimate of drug-likeness (QED) is 0.863. The van der Waals surface area contributed by atoms with Crippen molar-refractivity contribution in [3.8, 4) is 0 Å². The Labute approximate surface area is 144 Å². The van der Waals surface area contributed by atoms with Crippen LogP contribution in [0.1, 0.15) is 47.4 Å². The highest BCUT2D eigenvalue weighted by Crippen LogP contribution is 2.09. The maximum absolute atomic E-state index is 12.2. The second-order valence-corrected chi connectivity index (χ2v) is 5.57. The molecule has 0 radical (unpaired) electrons. The Morgan fingerprint density at radius 3 is 2.30 bits per heavy atom. The first-order chi connectivity index (χ1) is 10.7. The summed E-state index contributed by atoms with van der Waals surface area (Å²) in [6.45, 7) is 7.14. The molecule has 0 aromatic heterocycles. The Kier molecular flexibility index (Phi) is 8.06. The van der Waals surface area contributed by atoms with Crippen LogP contribution in [-0.4, -0.2) is 48.9 Å². The van der Waals surface area contributed by atoms with Crippen molar-refractivity contribution < 1.29 is 9.59 Å². The molecule has 0 unspecified atom stereocenters. The van der Waals surface area contributed by atoms with Crippen molar-refractivity contribution in [2.75, 3.05) is 26.2 Å². The molecule has 1 saturated heterocycles. The Morgan fingerprint density at radius 2 is 1.78 bits per heavy atom. The van der Waals surface area contributed by atoms with Crippen LogP contribution >= 0.6 is 12.4 Å². The van der Waals surface area contributed by atoms with Gasteiger partial charge in [0.1, 0.15) is 0 Å². The van der Waals surface area contributed by atoms with Crippen LogP contribution in [0.15, 0.2) is 24.3 Å². The van der Waals surface area contributed by atoms with Gasteiger partial charge in [0.15, 0.2) is 0 Å². The highest BCUT2D eigenvalue weighted by atomic mass is 35.5. The van der Waals surface area contributed by atoms with Gasteiger partial charge in [0, 0.05) is 36.8 Å². The molecule has 0 aliphatic carbocycles. The zero-order valence-electron chi connectivity index (χ0n) is 13.8. The van der Waals surface area contributed by atoms with Gasteiger partial charge in [-0.2, -0.15) is 0 Å². The van der Waals surface area contributed by atoms with Crippen LogP contribution in [0.5, 0.6) is 0 Å². The number of piperidine rings is 1. The molecule has 0 bridgehead atoms. The molecule has 2 rings (SSSR count). The molecule has 23 heavy (non-hydrogen) atoms. The van der Waals surface area contributed by atoms with E-state index in [0.29, 0.717) is 24.2 Å². The minimum Gasteiger partial charge on any atom is -0.348 e. The smallest absolute Gasteiger partial charge is 0.253 e. The number of carbonyl (C=O) groups excluding carboxylic acids is 2. The molecule has 128 valence electrons. The van der Waals surface area contributed by atoms with Gasteiger partial charge in [-0.1, -0.05) is 0 Å². The summed E-state index contributed by atoms with van der Waals surface area (Å²) in [6, 6.07) is 7.10. The van der Waals surface area contributed by atoms with Crippen molar-refractivity contribution in [1.29, 1.82) is 0 Å². The summed E-state index contributed by atoms with van der Waals surface area (Å²) < 4.78 is 0. The van der Waals surface area contributed by atoms with Crippen molar-refractivity contribution in [1.82, 2.24) is 15.5 Å². The lowest BCUT2D eigenvalue weighted by Gasteiger charge is -2.23. The van der Waals surface area contributed by atoms with Crippen molar-refractivity contribution in [3.63, 3.8) is 0 Å². The van der Waals surface area contributed by atoms with Gasteiger partial charge in [0.05, 0.1) is 0 Å². The average molecular weight is 340 g/mol. The predicted molar refractivity (Wildman–Crippen MR) is 94.3 cm³/mol. The zero-order chi connectivity index (χ0) is 15.9. The van der Waals surface area contributed by atoms with Gasteiger partial charge in [0.2, 0.25) is 0 Å². The highest BCUT2D eigenvalue weighted by molar-refractivity contribution is 5.97. The molecule has 0 saturated carbocycles. The third kappa shape index (κ3) is 5.22. The molecular weight excluding hydrogens is 314 g/mol. The number of nitrogens with one attached hydrogen (secondary N) is 2. The summed E-state index contributed by atoms with van der Waals surface area (Å²) >= 11 is 0. The van der Waals surface area contributed by atoms with E-state index in [4.69, 9.17) is 0 Å². The lowest BCUT2D eigenvalue weighted by Crippen LogP contribution is -2.45. The van der Waals surface area contributed by atoms with Crippen molar-refractivity contribution in [2.45, 2.75) is 32.7 Å². The molecule has 1 heterocycles. The largest absolute Gasteiger partial charge is 0.348 e. The van der Waals surface area contributed by atoms with Crippen LogP contribution in [0.2, 0.25) is 0 Å². The highest BCUT2D eigenvalue weighted by Gasteiger charge is 2.17. The fourth-order valence-corrected chi connectivity index (χ4v) is 2.70. The normalized spacial score (nSPS) is 17.0. The summed E-state index contributed by atoms with van der Waals surface area (Å²) in [7, 11) is 0. The molecule has 2 amide bonds. The molecule has 1 aliphatic heterocycles. The molecule has 6 heteroatoms. The van der Waals surface area contributed by atoms with Gasteiger partial charge in [-0.3, -0.25) is 9.59 Å². The van der Waals surface area contributed by atoms with E-state index in [0.717, 1.165) is 25.9 Å². The molecule has 0 spiro atoms. The van der Waals surface area contributed by atoms with Crippen LogP contribution in [0.4, 0.5) is 0 Å². The average Bonchev–Trinajstić information content (AvgIpc) is 2.57. The molecule has 1 aromatic rings. The predicted octanol–water partition coefficient (Wildman–Crippen LogP) is 2.07. The van der Waals surface area contributed by atoms with E-state index >= 15 is 0 Å². The Hall–Kier alpha value is -1.59. The molecule has 1 aliphatic rings. The summed E-state index contributed by atoms with van der Waals surface area (Å²) in [5, 5.41) is 6.31. The maximum Gasteiger partial charge on any atom is 0.253 e. The van der Waals surface area contributed by atoms with E-state index < -0.39 is 0 Å². The van der Waals surface area contributed by atoms with Crippen molar-refractivity contribution in [3.05, 3.63) is 35.4 Å². The van der Waals surface area contributed by atoms with Gasteiger partial charge < -0.3 is 15.5 Å². The topological polar surface area (TPSA) is 61.4 Å². The summed E-state index contributed by atoms with van der Waals surface area (Å²) in [5.41, 5.74) is 1.22. The van der Waals surface area contributed by atoms with E-state index in [1.165, 1.54) is 0 Å². The Bertz CT molecular complexity index is 509. The van der Waals surface area contributed by atoms with E-state index in [1.54, 1.807) is 29.2 Å². The second kappa shape index (κ2) is 9.53. The standard InChI is InChI=1S/C17H25N3O2.ClH/c1-3-20(4-2)17(22)14-9-7-13(8-10-14)16(21)19-15-6-5-11-18-12-15;/h7-10,15,18H,3-6,11-12H2,1-2H3,(H,19,21);1H/t15-;/m0./s1.